The molecule has 4 atom stereocenters. The standard InChI is InChI=1S/C74H94Cl2N22O22/c75-63(76)70(110)92-53(62(105)43-10-16-50(17-11-43)98(115)116)42-120-59(104)5-1-4-54(99)79-24-2-32-117-34-36-119-37-35-118-33-3-29-97(30-22-57(102)82-27-25-80-55(100)20-18-51(71(111)112)90-66(106)44-6-12-46(13-7-44)84-38-48-40-86-60-64(88-48)93-73(77)95-68(60)108)31-23-58(103)83-28-26-81-56(101)21-19-52(72(113)114)91-67(107)45-8-14-47(15-9-45)85-39-49-41-87-61-65(89-49)94-74(78)96-69(61)109/h6-17,40-41,51-53,62-63,84-85,105H,1-5,18-39,42H2,(H,79,99)(H,80,100)(H,81,101)(H,82,102)(H,83,103)(H,90,106)(H,91,107)(H,92,110)(H,111,112)(H,113,114)(H3,77,88,93,95,108)(H3,78,89,94,96,109). The summed E-state index contributed by atoms with van der Waals surface area (Å²) < 4.78 is 22.2. The molecular weight excluding hydrogens is 1620 g/mol. The van der Waals surface area contributed by atoms with Crippen LogP contribution in [0.5, 0.6) is 0 Å². The molecule has 0 bridgehead atoms. The van der Waals surface area contributed by atoms with Crippen LogP contribution in [0.15, 0.2) is 94.8 Å². The number of nitro groups is 1. The number of carbonyl (C=O) groups excluding carboxylic acids is 9. The Bertz CT molecular complexity index is 4550. The molecule has 4 unspecified atom stereocenters. The van der Waals surface area contributed by atoms with Crippen LogP contribution < -0.4 is 75.8 Å². The molecule has 7 rings (SSSR count). The van der Waals surface area contributed by atoms with E-state index in [-0.39, 0.29) is 224 Å². The lowest BCUT2D eigenvalue weighted by atomic mass is 10.0. The lowest BCUT2D eigenvalue weighted by molar-refractivity contribution is -0.384. The molecule has 4 aromatic heterocycles. The first-order valence-corrected chi connectivity index (χ1v) is 38.7. The Morgan fingerprint density at radius 2 is 0.942 bits per heavy atom. The van der Waals surface area contributed by atoms with Gasteiger partial charge in [0.05, 0.1) is 74.3 Å². The molecule has 0 aliphatic heterocycles. The molecule has 646 valence electrons. The number of anilines is 4. The zero-order valence-corrected chi connectivity index (χ0v) is 66.4. The number of carbonyl (C=O) groups is 11. The quantitative estimate of drug-likeness (QED) is 0.00778. The molecule has 0 aliphatic carbocycles. The van der Waals surface area contributed by atoms with E-state index in [1.807, 2.05) is 4.90 Å². The molecule has 0 spiro atoms. The lowest BCUT2D eigenvalue weighted by Crippen LogP contribution is -2.45. The summed E-state index contributed by atoms with van der Waals surface area (Å²) in [5.41, 5.74) is 12.6. The lowest BCUT2D eigenvalue weighted by Gasteiger charge is -2.24. The van der Waals surface area contributed by atoms with Crippen molar-refractivity contribution in [2.24, 2.45) is 0 Å². The first-order chi connectivity index (χ1) is 57.6. The van der Waals surface area contributed by atoms with Gasteiger partial charge in [0.2, 0.25) is 41.4 Å². The highest BCUT2D eigenvalue weighted by molar-refractivity contribution is 6.53. The number of ether oxygens (including phenoxy) is 4. The van der Waals surface area contributed by atoms with E-state index in [0.29, 0.717) is 48.8 Å². The van der Waals surface area contributed by atoms with Gasteiger partial charge < -0.3 is 104 Å². The number of benzene rings is 3. The maximum atomic E-state index is 13.1. The number of nitrogens with two attached hydrogens (primary N) is 2. The van der Waals surface area contributed by atoms with Crippen LogP contribution in [0.3, 0.4) is 0 Å². The Hall–Kier alpha value is -12.8. The van der Waals surface area contributed by atoms with E-state index in [1.165, 1.54) is 48.8 Å². The number of fused-ring (bicyclic) bond motifs is 2. The predicted molar refractivity (Wildman–Crippen MR) is 431 cm³/mol. The van der Waals surface area contributed by atoms with Gasteiger partial charge in [-0.25, -0.2) is 29.5 Å². The maximum absolute atomic E-state index is 13.1. The Kier molecular flexibility index (Phi) is 39.4. The normalized spacial score (nSPS) is 12.1. The van der Waals surface area contributed by atoms with Crippen molar-refractivity contribution in [2.75, 3.05) is 121 Å². The molecule has 3 aromatic carbocycles. The number of nitro benzene ring substituents is 1. The van der Waals surface area contributed by atoms with Crippen LogP contribution in [0.1, 0.15) is 114 Å². The van der Waals surface area contributed by atoms with Crippen molar-refractivity contribution in [3.8, 4) is 0 Å². The van der Waals surface area contributed by atoms with Gasteiger partial charge in [0.15, 0.2) is 27.2 Å². The van der Waals surface area contributed by atoms with Gasteiger partial charge in [0.25, 0.3) is 34.5 Å². The van der Waals surface area contributed by atoms with Crippen LogP contribution in [0.2, 0.25) is 0 Å². The van der Waals surface area contributed by atoms with E-state index in [9.17, 15) is 87.8 Å². The first kappa shape index (κ1) is 94.4. The number of aliphatic hydroxyl groups excluding tert-OH is 1. The fraction of sp³-hybridized carbons (Fsp3) is 0.446. The number of aromatic amines is 2. The molecule has 46 heteroatoms. The van der Waals surface area contributed by atoms with E-state index < -0.39 is 99.2 Å². The minimum Gasteiger partial charge on any atom is -0.480 e. The summed E-state index contributed by atoms with van der Waals surface area (Å²) in [6.07, 6.45) is 1.16. The number of aliphatic hydroxyl groups is 1. The van der Waals surface area contributed by atoms with Crippen molar-refractivity contribution in [3.63, 3.8) is 0 Å². The summed E-state index contributed by atoms with van der Waals surface area (Å²) in [5.74, 6) is -8.12. The number of carboxylic acids is 2. The summed E-state index contributed by atoms with van der Waals surface area (Å²) in [7, 11) is 0. The molecule has 0 fully saturated rings. The van der Waals surface area contributed by atoms with Crippen molar-refractivity contribution in [1.29, 1.82) is 0 Å². The number of esters is 1. The number of nitrogens with zero attached hydrogens (tertiary/aromatic N) is 8. The number of halogens is 2. The summed E-state index contributed by atoms with van der Waals surface area (Å²) in [6, 6.07) is 13.0. The number of amides is 8. The fourth-order valence-electron chi connectivity index (χ4n) is 11.1. The van der Waals surface area contributed by atoms with Crippen LogP contribution in [-0.2, 0) is 75.2 Å². The van der Waals surface area contributed by atoms with Crippen LogP contribution in [0.25, 0.3) is 22.3 Å². The summed E-state index contributed by atoms with van der Waals surface area (Å²) in [5, 5.41) is 68.5. The van der Waals surface area contributed by atoms with E-state index in [2.05, 4.69) is 93.0 Å². The van der Waals surface area contributed by atoms with Gasteiger partial charge in [-0.2, -0.15) is 9.97 Å². The zero-order valence-electron chi connectivity index (χ0n) is 64.9. The van der Waals surface area contributed by atoms with Crippen LogP contribution >= 0.6 is 23.2 Å². The monoisotopic (exact) mass is 1710 g/mol. The molecule has 120 heavy (non-hydrogen) atoms. The van der Waals surface area contributed by atoms with Crippen molar-refractivity contribution >= 4 is 140 Å². The number of carboxylic acid groups (broad SMARTS) is 2. The number of rotatable bonds is 55. The number of H-pyrrole nitrogens is 2. The predicted octanol–water partition coefficient (Wildman–Crippen LogP) is -0.108. The Morgan fingerprint density at radius 1 is 0.517 bits per heavy atom. The number of non-ortho nitro benzene ring substituents is 1. The third-order valence-electron chi connectivity index (χ3n) is 17.4. The first-order valence-electron chi connectivity index (χ1n) is 37.8. The zero-order chi connectivity index (χ0) is 86.9. The van der Waals surface area contributed by atoms with Gasteiger partial charge in [-0.05, 0) is 98.3 Å². The van der Waals surface area contributed by atoms with E-state index in [4.69, 9.17) is 53.6 Å². The van der Waals surface area contributed by atoms with Crippen LogP contribution in [-0.4, -0.2) is 252 Å². The van der Waals surface area contributed by atoms with Gasteiger partial charge in [-0.15, -0.1) is 0 Å². The second-order valence-corrected chi connectivity index (χ2v) is 27.6. The van der Waals surface area contributed by atoms with Crippen LogP contribution in [0.4, 0.5) is 29.0 Å². The average Bonchev–Trinajstić information content (AvgIpc) is 0.768. The van der Waals surface area contributed by atoms with Gasteiger partial charge in [-0.1, -0.05) is 23.2 Å². The second-order valence-electron chi connectivity index (χ2n) is 26.5. The number of aliphatic carboxylic acids is 2. The number of hydrogen-bond donors (Lipinski definition) is 17. The number of aromatic nitrogens is 8. The number of alkyl halides is 2. The van der Waals surface area contributed by atoms with Crippen LogP contribution in [0, 0.1) is 10.1 Å². The molecule has 44 nitrogen and oxygen atoms in total. The molecule has 7 aromatic rings. The Morgan fingerprint density at radius 3 is 1.38 bits per heavy atom. The van der Waals surface area contributed by atoms with Gasteiger partial charge in [0.1, 0.15) is 24.8 Å². The number of nitrogen functional groups attached to an aromatic ring is 2. The second kappa shape index (κ2) is 50.1. The topological polar surface area (TPSA) is 647 Å². The van der Waals surface area contributed by atoms with E-state index in [1.54, 1.807) is 24.3 Å². The summed E-state index contributed by atoms with van der Waals surface area (Å²) in [6.45, 7) is 2.51. The van der Waals surface area contributed by atoms with Crippen molar-refractivity contribution in [2.45, 2.75) is 113 Å². The molecule has 19 N–H and O–H groups in total. The largest absolute Gasteiger partial charge is 0.480 e. The van der Waals surface area contributed by atoms with Gasteiger partial charge in [0, 0.05) is 139 Å². The third kappa shape index (κ3) is 34.1. The van der Waals surface area contributed by atoms with Crippen molar-refractivity contribution < 1.29 is 91.9 Å². The highest BCUT2D eigenvalue weighted by Crippen LogP contribution is 2.23. The minimum atomic E-state index is -1.51. The highest BCUT2D eigenvalue weighted by atomic mass is 35.5. The SMILES string of the molecule is Nc1nc2nc(CNc3ccc(C(=O)NC(CCC(=O)NCCNC(=O)CCN(CCCOCCOCCOCCCNC(=O)CCCC(=O)OCC(NC(=O)C(Cl)Cl)C(O)c4ccc([N+](=O)[O-])cc4)CCC(=O)NCCNC(=O)CCC(NC(=O)c4ccc(NCc5cnc6c(=O)[nH]c(N)nc6n5)cc4)C(=O)O)C(=O)O)cc3)cnc2c(=O)[nH]1. The smallest absolute Gasteiger partial charge is 0.326 e. The summed E-state index contributed by atoms with van der Waals surface area (Å²) >= 11 is 11.3. The molecule has 0 radical (unpaired) electrons. The Balaban J connectivity index is 0.765. The molecule has 0 saturated carbocycles. The highest BCUT2D eigenvalue weighted by Gasteiger charge is 2.29. The van der Waals surface area contributed by atoms with Crippen molar-refractivity contribution in [3.05, 3.63) is 144 Å². The third-order valence-corrected chi connectivity index (χ3v) is 17.8. The molecular formula is C74H94Cl2N22O22. The summed E-state index contributed by atoms with van der Waals surface area (Å²) in [4.78, 5) is 204. The average molecular weight is 1710 g/mol. The van der Waals surface area contributed by atoms with E-state index in [0.717, 1.165) is 12.1 Å². The van der Waals surface area contributed by atoms with Gasteiger partial charge in [-0.3, -0.25) is 72.8 Å². The van der Waals surface area contributed by atoms with Crippen molar-refractivity contribution in [1.82, 2.24) is 87.3 Å². The minimum absolute atomic E-state index is 0.00390. The number of hydrogen-bond acceptors (Lipinski definition) is 31. The van der Waals surface area contributed by atoms with E-state index >= 15 is 0 Å². The van der Waals surface area contributed by atoms with Gasteiger partial charge >= 0.3 is 17.9 Å². The maximum Gasteiger partial charge on any atom is 0.326 e. The molecule has 8 amide bonds. The fourth-order valence-corrected chi connectivity index (χ4v) is 11.2. The molecule has 0 saturated heterocycles. The Labute approximate surface area is 693 Å². The molecule has 0 aliphatic rings. The molecule has 4 heterocycles. The number of nitrogens with one attached hydrogen (secondary N) is 12.